The Morgan fingerprint density at radius 2 is 2.24 bits per heavy atom. The minimum absolute atomic E-state index is 0.00603. The molecule has 5 N–H and O–H groups in total. The summed E-state index contributed by atoms with van der Waals surface area (Å²) in [5.74, 6) is -1.52. The van der Waals surface area contributed by atoms with Crippen LogP contribution in [0, 0.1) is 5.92 Å². The Labute approximate surface area is 124 Å². The van der Waals surface area contributed by atoms with Gasteiger partial charge in [-0.1, -0.05) is 11.8 Å². The average molecular weight is 317 g/mol. The predicted octanol–water partition coefficient (Wildman–Crippen LogP) is -1.16. The van der Waals surface area contributed by atoms with Crippen molar-refractivity contribution in [3.8, 4) is 0 Å². The van der Waals surface area contributed by atoms with Crippen molar-refractivity contribution in [1.29, 1.82) is 0 Å². The molecule has 0 radical (unpaired) electrons. The Balaban J connectivity index is 2.12. The van der Waals surface area contributed by atoms with Crippen molar-refractivity contribution in [3.63, 3.8) is 0 Å². The number of thioether (sulfide) groups is 1. The molecule has 2 aliphatic heterocycles. The number of β-lactam (4-membered cyclic amide) rings is 1. The molecule has 0 unspecified atom stereocenters. The average Bonchev–Trinajstić information content (AvgIpc) is 2.69. The van der Waals surface area contributed by atoms with Crippen molar-refractivity contribution in [1.82, 2.24) is 10.2 Å². The fourth-order valence-electron chi connectivity index (χ4n) is 2.01. The summed E-state index contributed by atoms with van der Waals surface area (Å²) in [6.45, 7) is 1.19. The maximum Gasteiger partial charge on any atom is 0.512 e. The first-order chi connectivity index (χ1) is 9.86. The quantitative estimate of drug-likeness (QED) is 0.367. The molecule has 116 valence electrons. The van der Waals surface area contributed by atoms with Crippen molar-refractivity contribution in [3.05, 3.63) is 10.8 Å². The third kappa shape index (κ3) is 2.82. The highest BCUT2D eigenvalue weighted by atomic mass is 32.2. The minimum Gasteiger partial charge on any atom is -0.449 e. The van der Waals surface area contributed by atoms with Gasteiger partial charge < -0.3 is 26.0 Å². The van der Waals surface area contributed by atoms with E-state index in [-0.39, 0.29) is 19.0 Å². The molecule has 0 aromatic rings. The number of nitrogens with one attached hydrogen (secondary N) is 1. The number of aliphatic hydroxyl groups is 1. The lowest BCUT2D eigenvalue weighted by Crippen LogP contribution is -2.58. The fourth-order valence-corrected chi connectivity index (χ4v) is 3.37. The second-order valence-electron chi connectivity index (χ2n) is 4.61. The van der Waals surface area contributed by atoms with Gasteiger partial charge in [-0.2, -0.15) is 0 Å². The summed E-state index contributed by atoms with van der Waals surface area (Å²) in [5.41, 5.74) is 5.41. The van der Waals surface area contributed by atoms with Crippen LogP contribution in [0.1, 0.15) is 6.92 Å². The number of rotatable bonds is 5. The molecule has 10 heteroatoms. The number of aliphatic hydroxyl groups excluding tert-OH is 1. The number of fused-ring (bicyclic) bond motifs is 1. The van der Waals surface area contributed by atoms with E-state index in [0.717, 1.165) is 0 Å². The lowest BCUT2D eigenvalue weighted by Gasteiger charge is -2.40. The topological polar surface area (TPSA) is 142 Å². The van der Waals surface area contributed by atoms with Gasteiger partial charge in [-0.05, 0) is 6.92 Å². The molecule has 1 saturated heterocycles. The first-order valence-corrected chi connectivity index (χ1v) is 7.02. The highest BCUT2D eigenvalue weighted by Crippen LogP contribution is 2.49. The first kappa shape index (κ1) is 15.6. The van der Waals surface area contributed by atoms with E-state index >= 15 is 0 Å². The third-order valence-electron chi connectivity index (χ3n) is 3.09. The molecule has 21 heavy (non-hydrogen) atoms. The Kier molecular flexibility index (Phi) is 4.40. The zero-order valence-electron chi connectivity index (χ0n) is 11.1. The zero-order valence-corrected chi connectivity index (χ0v) is 11.9. The highest BCUT2D eigenvalue weighted by molar-refractivity contribution is 8.04. The third-order valence-corrected chi connectivity index (χ3v) is 4.48. The fraction of sp³-hybridized carbons (Fsp3) is 0.545. The van der Waals surface area contributed by atoms with Gasteiger partial charge in [-0.3, -0.25) is 14.5 Å². The van der Waals surface area contributed by atoms with E-state index in [9.17, 15) is 14.4 Å². The van der Waals surface area contributed by atoms with E-state index < -0.39 is 35.3 Å². The number of carboxylic acid groups (broad SMARTS) is 1. The maximum atomic E-state index is 11.8. The van der Waals surface area contributed by atoms with Crippen molar-refractivity contribution >= 4 is 29.7 Å². The van der Waals surface area contributed by atoms with Crippen LogP contribution in [0.4, 0.5) is 4.79 Å². The summed E-state index contributed by atoms with van der Waals surface area (Å²) in [6.07, 6.45) is -1.55. The normalized spacial score (nSPS) is 25.3. The van der Waals surface area contributed by atoms with E-state index in [1.807, 2.05) is 0 Å². The smallest absolute Gasteiger partial charge is 0.449 e. The van der Waals surface area contributed by atoms with Gasteiger partial charge in [0.05, 0.1) is 30.0 Å². The number of ether oxygens (including phenoxy) is 1. The monoisotopic (exact) mass is 317 g/mol. The molecule has 0 saturated carbocycles. The second-order valence-corrected chi connectivity index (χ2v) is 5.82. The van der Waals surface area contributed by atoms with Crippen molar-refractivity contribution in [2.24, 2.45) is 11.7 Å². The number of carbonyl (C=O) groups is 3. The van der Waals surface area contributed by atoms with E-state index in [0.29, 0.717) is 4.91 Å². The summed E-state index contributed by atoms with van der Waals surface area (Å²) in [6, 6.07) is -0.704. The Hall–Kier alpha value is -1.78. The van der Waals surface area contributed by atoms with E-state index in [1.165, 1.54) is 23.6 Å². The second kappa shape index (κ2) is 5.92. The van der Waals surface area contributed by atoms with E-state index in [4.69, 9.17) is 15.9 Å². The first-order valence-electron chi connectivity index (χ1n) is 6.14. The number of hydrogen-bond donors (Lipinski definition) is 4. The Bertz CT molecular complexity index is 520. The van der Waals surface area contributed by atoms with Crippen LogP contribution >= 0.6 is 11.8 Å². The largest absolute Gasteiger partial charge is 0.512 e. The Morgan fingerprint density at radius 1 is 1.57 bits per heavy atom. The summed E-state index contributed by atoms with van der Waals surface area (Å²) in [5, 5.41) is 20.0. The molecule has 0 bridgehead atoms. The van der Waals surface area contributed by atoms with Gasteiger partial charge in [0.15, 0.2) is 0 Å². The molecule has 2 rings (SSSR count). The lowest BCUT2D eigenvalue weighted by molar-refractivity contribution is -0.151. The Morgan fingerprint density at radius 3 is 2.76 bits per heavy atom. The summed E-state index contributed by atoms with van der Waals surface area (Å²) in [4.78, 5) is 35.5. The SMILES string of the molecule is C[C@@H](N)C(=O)NCC1=C(OC(=O)O)N2C(=O)[C@H](CO)[C@H]2S1. The van der Waals surface area contributed by atoms with Gasteiger partial charge in [0, 0.05) is 0 Å². The molecule has 0 aliphatic carbocycles. The molecule has 2 amide bonds. The number of amides is 2. The van der Waals surface area contributed by atoms with Crippen LogP contribution in [-0.2, 0) is 14.3 Å². The standard InChI is InChI=1S/C11H15N3O6S/c1-4(12)7(16)13-2-6-9(20-11(18)19)14-8(17)5(3-15)10(14)21-6/h4-5,10,15H,2-3,12H2,1H3,(H,13,16)(H,18,19)/t4-,5+,10-/m1/s1. The molecule has 0 aromatic carbocycles. The van der Waals surface area contributed by atoms with Crippen molar-refractivity contribution < 1.29 is 29.3 Å². The number of nitrogens with two attached hydrogens (primary N) is 1. The highest BCUT2D eigenvalue weighted by Gasteiger charge is 2.55. The summed E-state index contributed by atoms with van der Waals surface area (Å²) in [7, 11) is 0. The minimum atomic E-state index is -1.55. The van der Waals surface area contributed by atoms with Gasteiger partial charge in [0.2, 0.25) is 17.7 Å². The maximum absolute atomic E-state index is 11.8. The zero-order chi connectivity index (χ0) is 15.7. The molecule has 0 aromatic heterocycles. The molecule has 3 atom stereocenters. The van der Waals surface area contributed by atoms with E-state index in [1.54, 1.807) is 0 Å². The lowest BCUT2D eigenvalue weighted by atomic mass is 10.00. The van der Waals surface area contributed by atoms with Gasteiger partial charge >= 0.3 is 6.16 Å². The van der Waals surface area contributed by atoms with Crippen LogP contribution in [0.2, 0.25) is 0 Å². The number of nitrogens with zero attached hydrogens (tertiary/aromatic N) is 1. The number of hydrogen-bond acceptors (Lipinski definition) is 7. The molecule has 9 nitrogen and oxygen atoms in total. The van der Waals surface area contributed by atoms with Crippen LogP contribution < -0.4 is 11.1 Å². The van der Waals surface area contributed by atoms with Gasteiger partial charge in [0.25, 0.3) is 0 Å². The van der Waals surface area contributed by atoms with Crippen molar-refractivity contribution in [2.75, 3.05) is 13.2 Å². The molecular weight excluding hydrogens is 302 g/mol. The molecular formula is C11H15N3O6S. The van der Waals surface area contributed by atoms with Gasteiger partial charge in [-0.15, -0.1) is 0 Å². The predicted molar refractivity (Wildman–Crippen MR) is 71.6 cm³/mol. The number of carbonyl (C=O) groups excluding carboxylic acids is 2. The molecule has 0 spiro atoms. The van der Waals surface area contributed by atoms with E-state index in [2.05, 4.69) is 10.1 Å². The van der Waals surface area contributed by atoms with Crippen LogP contribution in [0.5, 0.6) is 0 Å². The molecule has 1 fully saturated rings. The van der Waals surface area contributed by atoms with Crippen LogP contribution in [0.3, 0.4) is 0 Å². The summed E-state index contributed by atoms with van der Waals surface area (Å²) >= 11 is 1.18. The molecule has 2 heterocycles. The van der Waals surface area contributed by atoms with Gasteiger partial charge in [0.1, 0.15) is 5.37 Å². The van der Waals surface area contributed by atoms with Crippen LogP contribution in [0.25, 0.3) is 0 Å². The van der Waals surface area contributed by atoms with Crippen LogP contribution in [0.15, 0.2) is 10.8 Å². The summed E-state index contributed by atoms with van der Waals surface area (Å²) < 4.78 is 4.63. The van der Waals surface area contributed by atoms with Gasteiger partial charge in [-0.25, -0.2) is 4.79 Å². The van der Waals surface area contributed by atoms with Crippen LogP contribution in [-0.4, -0.2) is 57.7 Å². The van der Waals surface area contributed by atoms with Crippen molar-refractivity contribution in [2.45, 2.75) is 18.3 Å². The molecule has 2 aliphatic rings.